The Bertz CT molecular complexity index is 1740. The van der Waals surface area contributed by atoms with E-state index in [1.165, 1.54) is 64.7 Å². The molecule has 5 fully saturated rings. The molecule has 5 saturated carbocycles. The molecule has 3 aromatic rings. The Morgan fingerprint density at radius 1 is 0.755 bits per heavy atom. The van der Waals surface area contributed by atoms with Gasteiger partial charge in [0.15, 0.2) is 0 Å². The summed E-state index contributed by atoms with van der Waals surface area (Å²) >= 11 is 0. The van der Waals surface area contributed by atoms with Crippen molar-refractivity contribution in [3.63, 3.8) is 0 Å². The van der Waals surface area contributed by atoms with Gasteiger partial charge in [0.25, 0.3) is 0 Å². The number of benzene rings is 3. The van der Waals surface area contributed by atoms with Gasteiger partial charge in [-0.2, -0.15) is 4.79 Å². The molecule has 0 aromatic heterocycles. The number of carbonyl (C=O) groups excluding carboxylic acids is 2. The Labute approximate surface area is 333 Å². The van der Waals surface area contributed by atoms with Crippen molar-refractivity contribution in [1.82, 2.24) is 0 Å². The van der Waals surface area contributed by atoms with Crippen molar-refractivity contribution >= 4 is 23.6 Å². The maximum atomic E-state index is 12.1. The zero-order chi connectivity index (χ0) is 37.8. The van der Waals surface area contributed by atoms with E-state index in [9.17, 15) is 19.5 Å². The van der Waals surface area contributed by atoms with Gasteiger partial charge >= 0.3 is 53.2 Å². The van der Waals surface area contributed by atoms with Crippen LogP contribution in [0.15, 0.2) is 103 Å². The van der Waals surface area contributed by atoms with Crippen LogP contribution in [0.2, 0.25) is 0 Å². The van der Waals surface area contributed by atoms with E-state index in [0.717, 1.165) is 36.8 Å². The van der Waals surface area contributed by atoms with Gasteiger partial charge in [-0.3, -0.25) is 9.59 Å². The number of hydrogen-bond acceptors (Lipinski definition) is 7. The van der Waals surface area contributed by atoms with E-state index in [4.69, 9.17) is 15.5 Å². The Hall–Kier alpha value is -3.93. The van der Waals surface area contributed by atoms with Crippen LogP contribution >= 0.6 is 0 Å². The van der Waals surface area contributed by atoms with E-state index >= 15 is 0 Å². The molecule has 3 aromatic carbocycles. The summed E-state index contributed by atoms with van der Waals surface area (Å²) in [6.45, 7) is 3.76. The van der Waals surface area contributed by atoms with Gasteiger partial charge < -0.3 is 36.8 Å². The van der Waals surface area contributed by atoms with E-state index in [2.05, 4.69) is 34.1 Å². The third kappa shape index (κ3) is 9.07. The standard InChI is InChI=1S/C14H16O2.C13H14O2.C9H8N2O2.C5H8.H3N2O.Na/c1-16-12(15)14(10-13(14)8-5-9-13)11-6-3-2-4-7-11;14-11(15)13(9-12(13)7-4-8-12)10-5-2-1-3-6-10;1-13-9(12)8(11-10)7-5-3-2-4-6-7;1-5-3-2-4-5;1-2-3;/h2-4,6-7H,5,8-10H2,1H3;1-3,5-6H,4,7-9H2,(H,14,15);2-6H,1H3;1-4H2;3H,1H2;/q;;;;-1;+1. The summed E-state index contributed by atoms with van der Waals surface area (Å²) in [6, 6.07) is 28.4. The largest absolute Gasteiger partial charge is 1.00 e. The number of nitrogens with two attached hydrogens (primary N) is 1. The Morgan fingerprint density at radius 3 is 1.43 bits per heavy atom. The summed E-state index contributed by atoms with van der Waals surface area (Å²) in [6.07, 6.45) is 12.8. The first kappa shape index (κ1) is 43.5. The monoisotopic (exact) mass is 732 g/mol. The maximum Gasteiger partial charge on any atom is 1.00 e. The van der Waals surface area contributed by atoms with Gasteiger partial charge in [-0.1, -0.05) is 104 Å². The molecule has 276 valence electrons. The van der Waals surface area contributed by atoms with Crippen LogP contribution in [0.4, 0.5) is 0 Å². The fourth-order valence-electron chi connectivity index (χ4n) is 7.95. The number of methoxy groups -OCH3 is 2. The van der Waals surface area contributed by atoms with E-state index in [0.29, 0.717) is 5.56 Å². The minimum absolute atomic E-state index is 0. The van der Waals surface area contributed by atoms with Gasteiger partial charge in [0.1, 0.15) is 0 Å². The van der Waals surface area contributed by atoms with E-state index < -0.39 is 17.4 Å². The molecule has 8 rings (SSSR count). The minimum atomic E-state index is -0.659. The van der Waals surface area contributed by atoms with Crippen molar-refractivity contribution in [2.24, 2.45) is 16.7 Å². The van der Waals surface area contributed by atoms with Crippen molar-refractivity contribution in [2.45, 2.75) is 81.5 Å². The van der Waals surface area contributed by atoms with E-state index in [-0.39, 0.29) is 57.5 Å². The number of carboxylic acid groups (broad SMARTS) is 1. The molecule has 0 saturated heterocycles. The summed E-state index contributed by atoms with van der Waals surface area (Å²) in [4.78, 5) is 37.5. The molecule has 2 unspecified atom stereocenters. The first-order valence-corrected chi connectivity index (χ1v) is 17.6. The molecule has 0 radical (unpaired) electrons. The molecule has 53 heavy (non-hydrogen) atoms. The van der Waals surface area contributed by atoms with Crippen LogP contribution in [0.1, 0.15) is 87.3 Å². The number of aliphatic carboxylic acids is 1. The van der Waals surface area contributed by atoms with Crippen LogP contribution in [-0.4, -0.2) is 52.9 Å². The van der Waals surface area contributed by atoms with Gasteiger partial charge in [0.05, 0.1) is 30.6 Å². The van der Waals surface area contributed by atoms with Gasteiger partial charge in [-0.25, -0.2) is 4.79 Å². The summed E-state index contributed by atoms with van der Waals surface area (Å²) in [5, 5.41) is 16.4. The summed E-state index contributed by atoms with van der Waals surface area (Å²) < 4.78 is 9.45. The van der Waals surface area contributed by atoms with Crippen LogP contribution in [0.25, 0.3) is 11.1 Å². The summed E-state index contributed by atoms with van der Waals surface area (Å²) in [7, 11) is 2.73. The molecule has 4 N–H and O–H groups in total. The quantitative estimate of drug-likeness (QED) is 0.0484. The van der Waals surface area contributed by atoms with E-state index in [1.807, 2.05) is 54.1 Å². The molecular weight excluding hydrogens is 683 g/mol. The van der Waals surface area contributed by atoms with Crippen molar-refractivity contribution < 1.29 is 68.5 Å². The third-order valence-corrected chi connectivity index (χ3v) is 11.4. The molecule has 5 aliphatic rings. The summed E-state index contributed by atoms with van der Waals surface area (Å²) in [5.41, 5.74) is 14.1. The number of ether oxygens (including phenoxy) is 2. The first-order chi connectivity index (χ1) is 25.1. The first-order valence-electron chi connectivity index (χ1n) is 17.6. The summed E-state index contributed by atoms with van der Waals surface area (Å²) in [5.74, 6) is 2.69. The molecule has 0 heterocycles. The number of rotatable bonds is 6. The predicted octanol–water partition coefficient (Wildman–Crippen LogP) is 4.49. The average molecular weight is 733 g/mol. The van der Waals surface area contributed by atoms with Crippen molar-refractivity contribution in [1.29, 1.82) is 0 Å². The van der Waals surface area contributed by atoms with Crippen LogP contribution in [0, 0.1) is 10.8 Å². The zero-order valence-corrected chi connectivity index (χ0v) is 33.0. The average Bonchev–Trinajstić information content (AvgIpc) is 4.04. The number of carboxylic acids is 1. The second kappa shape index (κ2) is 19.4. The smallest absolute Gasteiger partial charge is 0.488 e. The Kier molecular flexibility index (Phi) is 15.9. The predicted molar refractivity (Wildman–Crippen MR) is 196 cm³/mol. The number of allylic oxidation sites excluding steroid dienone is 1. The molecule has 0 bridgehead atoms. The molecule has 11 nitrogen and oxygen atoms in total. The zero-order valence-electron chi connectivity index (χ0n) is 31.0. The van der Waals surface area contributed by atoms with Crippen LogP contribution in [-0.2, 0) is 34.7 Å². The molecule has 2 atom stereocenters. The fourth-order valence-corrected chi connectivity index (χ4v) is 7.95. The minimum Gasteiger partial charge on any atom is -0.488 e. The Morgan fingerprint density at radius 2 is 1.15 bits per heavy atom. The van der Waals surface area contributed by atoms with Gasteiger partial charge in [0.2, 0.25) is 0 Å². The topological polar surface area (TPSA) is 187 Å². The number of nitrogens with zero attached hydrogens (tertiary/aromatic N) is 3. The van der Waals surface area contributed by atoms with Crippen molar-refractivity contribution in [3.05, 3.63) is 131 Å². The molecule has 5 aliphatic carbocycles. The fraction of sp³-hybridized carbons (Fsp3) is 0.415. The normalized spacial score (nSPS) is 22.2. The molecular formula is C41H49N4NaO7. The van der Waals surface area contributed by atoms with Gasteiger partial charge in [-0.05, 0) is 91.9 Å². The van der Waals surface area contributed by atoms with Crippen LogP contribution in [0.5, 0.6) is 0 Å². The van der Waals surface area contributed by atoms with E-state index in [1.54, 1.807) is 30.3 Å². The van der Waals surface area contributed by atoms with Crippen molar-refractivity contribution in [2.75, 3.05) is 14.2 Å². The molecule has 0 aliphatic heterocycles. The van der Waals surface area contributed by atoms with Crippen molar-refractivity contribution in [3.8, 4) is 0 Å². The van der Waals surface area contributed by atoms with Gasteiger partial charge in [0, 0.05) is 0 Å². The van der Waals surface area contributed by atoms with Crippen LogP contribution in [0.3, 0.4) is 0 Å². The molecule has 12 heteroatoms. The van der Waals surface area contributed by atoms with Gasteiger partial charge in [-0.15, -0.1) is 0 Å². The second-order valence-electron chi connectivity index (χ2n) is 14.0. The van der Waals surface area contributed by atoms with Crippen LogP contribution < -0.4 is 35.4 Å². The SMILES string of the molecule is C=C1CCC1.COC(=O)C(=[N+]=[N-])c1ccccc1.COC(=O)C1(c2ccccc2)CC12CCC2.N[N-]O.O=C(O)C1(c2ccccc2)CC12CCC2.[Na+]. The second-order valence-corrected chi connectivity index (χ2v) is 14.0. The molecule has 0 amide bonds. The number of hydrogen-bond donors (Lipinski definition) is 3. The number of carbonyl (C=O) groups is 3. The molecule has 2 spiro atoms. The Balaban J connectivity index is 0.000000193. The maximum absolute atomic E-state index is 12.1. The third-order valence-electron chi connectivity index (χ3n) is 11.4. The number of esters is 2.